The first kappa shape index (κ1) is 19.3. The Morgan fingerprint density at radius 1 is 1.23 bits per heavy atom. The number of aromatic nitrogens is 3. The van der Waals surface area contributed by atoms with Crippen molar-refractivity contribution in [2.75, 3.05) is 11.9 Å². The average molecular weight is 423 g/mol. The molecular formula is C22H19F2N5O2. The zero-order chi connectivity index (χ0) is 21.7. The van der Waals surface area contributed by atoms with Crippen LogP contribution in [-0.4, -0.2) is 39.7 Å². The number of amides is 2. The van der Waals surface area contributed by atoms with E-state index in [-0.39, 0.29) is 35.8 Å². The molecule has 1 saturated carbocycles. The van der Waals surface area contributed by atoms with Gasteiger partial charge < -0.3 is 5.32 Å². The Morgan fingerprint density at radius 3 is 2.77 bits per heavy atom. The molecule has 0 radical (unpaired) electrons. The van der Waals surface area contributed by atoms with Crippen LogP contribution in [0.1, 0.15) is 34.0 Å². The quantitative estimate of drug-likeness (QED) is 0.699. The Kier molecular flexibility index (Phi) is 4.53. The van der Waals surface area contributed by atoms with Crippen LogP contribution >= 0.6 is 0 Å². The molecule has 0 bridgehead atoms. The summed E-state index contributed by atoms with van der Waals surface area (Å²) in [4.78, 5) is 31.5. The van der Waals surface area contributed by atoms with Gasteiger partial charge in [0.05, 0.1) is 12.7 Å². The molecular weight excluding hydrogens is 404 g/mol. The number of carbonyl (C=O) groups is 2. The lowest BCUT2D eigenvalue weighted by atomic mass is 10.1. The van der Waals surface area contributed by atoms with E-state index in [1.165, 1.54) is 21.7 Å². The van der Waals surface area contributed by atoms with Gasteiger partial charge in [0.2, 0.25) is 0 Å². The lowest BCUT2D eigenvalue weighted by Gasteiger charge is -2.22. The van der Waals surface area contributed by atoms with Crippen LogP contribution < -0.4 is 10.2 Å². The molecule has 0 saturated heterocycles. The van der Waals surface area contributed by atoms with Crippen LogP contribution in [0, 0.1) is 17.6 Å². The van der Waals surface area contributed by atoms with Crippen LogP contribution in [0.5, 0.6) is 0 Å². The van der Waals surface area contributed by atoms with Crippen molar-refractivity contribution in [3.63, 3.8) is 0 Å². The number of fused-ring (bicyclic) bond motifs is 3. The van der Waals surface area contributed by atoms with E-state index in [1.807, 2.05) is 12.1 Å². The van der Waals surface area contributed by atoms with Gasteiger partial charge >= 0.3 is 0 Å². The van der Waals surface area contributed by atoms with Crippen LogP contribution in [0.25, 0.3) is 0 Å². The van der Waals surface area contributed by atoms with Gasteiger partial charge in [-0.1, -0.05) is 18.2 Å². The predicted octanol–water partition coefficient (Wildman–Crippen LogP) is 2.48. The molecule has 31 heavy (non-hydrogen) atoms. The third kappa shape index (κ3) is 3.45. The fraction of sp³-hybridized carbons (Fsp3) is 0.273. The van der Waals surface area contributed by atoms with Gasteiger partial charge in [-0.25, -0.2) is 13.8 Å². The van der Waals surface area contributed by atoms with Crippen molar-refractivity contribution >= 4 is 17.6 Å². The lowest BCUT2D eigenvalue weighted by Crippen LogP contribution is -2.48. The molecule has 3 aromatic rings. The molecule has 9 heteroatoms. The number of rotatable bonds is 4. The summed E-state index contributed by atoms with van der Waals surface area (Å²) in [5.74, 6) is -1.53. The maximum absolute atomic E-state index is 14.4. The van der Waals surface area contributed by atoms with Crippen LogP contribution in [0.3, 0.4) is 0 Å². The minimum absolute atomic E-state index is 0.0614. The van der Waals surface area contributed by atoms with Crippen molar-refractivity contribution in [2.45, 2.75) is 24.9 Å². The van der Waals surface area contributed by atoms with Crippen LogP contribution in [-0.2, 0) is 11.3 Å². The molecule has 2 aliphatic rings. The molecule has 0 spiro atoms. The van der Waals surface area contributed by atoms with E-state index in [0.29, 0.717) is 11.4 Å². The van der Waals surface area contributed by atoms with Gasteiger partial charge in [0.25, 0.3) is 11.8 Å². The normalized spacial score (nSPS) is 21.8. The number of pyridine rings is 1. The highest BCUT2D eigenvalue weighted by Crippen LogP contribution is 2.53. The summed E-state index contributed by atoms with van der Waals surface area (Å²) >= 11 is 0. The van der Waals surface area contributed by atoms with Crippen LogP contribution in [0.15, 0.2) is 48.8 Å². The average Bonchev–Trinajstić information content (AvgIpc) is 3.48. The summed E-state index contributed by atoms with van der Waals surface area (Å²) in [6.45, 7) is 0.182. The summed E-state index contributed by atoms with van der Waals surface area (Å²) < 4.78 is 28.8. The molecule has 3 atom stereocenters. The Balaban J connectivity index is 1.34. The maximum atomic E-state index is 14.4. The largest absolute Gasteiger partial charge is 0.338 e. The van der Waals surface area contributed by atoms with Gasteiger partial charge in [-0.15, -0.1) is 0 Å². The second kappa shape index (κ2) is 7.26. The van der Waals surface area contributed by atoms with E-state index < -0.39 is 17.8 Å². The number of nitrogens with one attached hydrogen (secondary N) is 1. The van der Waals surface area contributed by atoms with E-state index >= 15 is 0 Å². The van der Waals surface area contributed by atoms with Gasteiger partial charge in [0.1, 0.15) is 17.7 Å². The van der Waals surface area contributed by atoms with Crippen molar-refractivity contribution < 1.29 is 18.4 Å². The number of hydrogen-bond donors (Lipinski definition) is 1. The minimum Gasteiger partial charge on any atom is -0.338 e. The Hall–Kier alpha value is -3.62. The number of hydrogen-bond acceptors (Lipinski definition) is 4. The van der Waals surface area contributed by atoms with E-state index in [9.17, 15) is 18.4 Å². The third-order valence-electron chi connectivity index (χ3n) is 5.88. The standard InChI is InChI=1S/C22H19F2N5O2/c1-28-20-14(3-2-8-25-20)15-9-16(15)18(22(28)31)26-21(30)19-17(24)11-29(27-19)10-12-4-6-13(23)7-5-12/h2-8,11,15-16,18H,9-10H2,1H3,(H,26,30)/t15-,16-,18+/m1/s1. The second-order valence-electron chi connectivity index (χ2n) is 7.92. The number of halogens is 2. The minimum atomic E-state index is -0.786. The first-order valence-corrected chi connectivity index (χ1v) is 9.93. The van der Waals surface area contributed by atoms with Crippen molar-refractivity contribution in [1.82, 2.24) is 20.1 Å². The van der Waals surface area contributed by atoms with Gasteiger partial charge in [0, 0.05) is 13.2 Å². The number of carbonyl (C=O) groups excluding carboxylic acids is 2. The van der Waals surface area contributed by atoms with Crippen molar-refractivity contribution in [3.05, 3.63) is 77.2 Å². The summed E-state index contributed by atoms with van der Waals surface area (Å²) in [5, 5.41) is 6.72. The molecule has 7 nitrogen and oxygen atoms in total. The maximum Gasteiger partial charge on any atom is 0.275 e. The van der Waals surface area contributed by atoms with E-state index in [1.54, 1.807) is 25.4 Å². The number of likely N-dealkylation sites (N-methyl/N-ethyl adjacent to an activating group) is 1. The fourth-order valence-corrected chi connectivity index (χ4v) is 4.20. The highest BCUT2D eigenvalue weighted by molar-refractivity contribution is 6.02. The van der Waals surface area contributed by atoms with Gasteiger partial charge in [-0.2, -0.15) is 5.10 Å². The van der Waals surface area contributed by atoms with Crippen LogP contribution in [0.2, 0.25) is 0 Å². The lowest BCUT2D eigenvalue weighted by molar-refractivity contribution is -0.120. The first-order chi connectivity index (χ1) is 14.9. The molecule has 1 aliphatic carbocycles. The van der Waals surface area contributed by atoms with Crippen molar-refractivity contribution in [1.29, 1.82) is 0 Å². The monoisotopic (exact) mass is 423 g/mol. The van der Waals surface area contributed by atoms with Gasteiger partial charge in [-0.05, 0) is 47.6 Å². The fourth-order valence-electron chi connectivity index (χ4n) is 4.20. The molecule has 1 aromatic carbocycles. The summed E-state index contributed by atoms with van der Waals surface area (Å²) in [7, 11) is 1.62. The molecule has 1 N–H and O–H groups in total. The Morgan fingerprint density at radius 2 is 2.00 bits per heavy atom. The number of nitrogens with zero attached hydrogens (tertiary/aromatic N) is 4. The molecule has 0 unspecified atom stereocenters. The zero-order valence-electron chi connectivity index (χ0n) is 16.6. The predicted molar refractivity (Wildman–Crippen MR) is 107 cm³/mol. The molecule has 2 aromatic heterocycles. The SMILES string of the molecule is CN1C(=O)[C@@H](NC(=O)c2nn(Cc3ccc(F)cc3)cc2F)[C@@H]2C[C@@H]2c2cccnc21. The summed E-state index contributed by atoms with van der Waals surface area (Å²) in [6, 6.07) is 8.72. The zero-order valence-corrected chi connectivity index (χ0v) is 16.6. The highest BCUT2D eigenvalue weighted by atomic mass is 19.1. The molecule has 3 heterocycles. The van der Waals surface area contributed by atoms with Gasteiger partial charge in [0.15, 0.2) is 11.5 Å². The Bertz CT molecular complexity index is 1180. The Labute approximate surface area is 176 Å². The van der Waals surface area contributed by atoms with E-state index in [4.69, 9.17) is 0 Å². The highest BCUT2D eigenvalue weighted by Gasteiger charge is 2.52. The number of benzene rings is 1. The number of anilines is 1. The first-order valence-electron chi connectivity index (χ1n) is 9.93. The van der Waals surface area contributed by atoms with Crippen molar-refractivity contribution in [2.24, 2.45) is 5.92 Å². The van der Waals surface area contributed by atoms with Crippen LogP contribution in [0.4, 0.5) is 14.6 Å². The smallest absolute Gasteiger partial charge is 0.275 e. The summed E-state index contributed by atoms with van der Waals surface area (Å²) in [5.41, 5.74) is 1.31. The molecule has 5 rings (SSSR count). The molecule has 2 amide bonds. The topological polar surface area (TPSA) is 80.1 Å². The van der Waals surface area contributed by atoms with Crippen molar-refractivity contribution in [3.8, 4) is 0 Å². The van der Waals surface area contributed by atoms with Gasteiger partial charge in [-0.3, -0.25) is 19.2 Å². The molecule has 1 aliphatic heterocycles. The van der Waals surface area contributed by atoms with E-state index in [2.05, 4.69) is 15.4 Å². The third-order valence-corrected chi connectivity index (χ3v) is 5.88. The molecule has 158 valence electrons. The van der Waals surface area contributed by atoms with E-state index in [0.717, 1.165) is 18.2 Å². The molecule has 1 fully saturated rings. The second-order valence-corrected chi connectivity index (χ2v) is 7.92. The summed E-state index contributed by atoms with van der Waals surface area (Å²) in [6.07, 6.45) is 3.49.